The second kappa shape index (κ2) is 5.26. The summed E-state index contributed by atoms with van der Waals surface area (Å²) in [6.07, 6.45) is -3.88. The molecule has 6 heteroatoms. The number of hydrogen-bond donors (Lipinski definition) is 0. The molecular weight excluding hydrogens is 257 g/mol. The van der Waals surface area contributed by atoms with E-state index in [-0.39, 0.29) is 0 Å². The zero-order valence-electron chi connectivity index (χ0n) is 10.1. The quantitative estimate of drug-likeness (QED) is 0.858. The molecule has 0 aliphatic carbocycles. The molecule has 0 saturated heterocycles. The molecule has 0 spiro atoms. The minimum absolute atomic E-state index is 0.399. The monoisotopic (exact) mass is 268 g/mol. The van der Waals surface area contributed by atoms with E-state index in [0.29, 0.717) is 18.0 Å². The van der Waals surface area contributed by atoms with Crippen LogP contribution >= 0.6 is 0 Å². The van der Waals surface area contributed by atoms with Gasteiger partial charge in [0.1, 0.15) is 0 Å². The number of nitrogens with zero attached hydrogens (tertiary/aromatic N) is 2. The highest BCUT2D eigenvalue weighted by Gasteiger charge is 2.29. The molecule has 0 aliphatic rings. The Labute approximate surface area is 108 Å². The van der Waals surface area contributed by atoms with E-state index in [2.05, 4.69) is 10.2 Å². The molecule has 0 radical (unpaired) electrons. The Bertz CT molecular complexity index is 535. The van der Waals surface area contributed by atoms with Gasteiger partial charge in [0.2, 0.25) is 5.88 Å². The van der Waals surface area contributed by atoms with Gasteiger partial charge in [-0.2, -0.15) is 18.3 Å². The molecule has 0 amide bonds. The summed E-state index contributed by atoms with van der Waals surface area (Å²) in [4.78, 5) is 0. The van der Waals surface area contributed by atoms with Gasteiger partial charge >= 0.3 is 6.18 Å². The summed E-state index contributed by atoms with van der Waals surface area (Å²) in [5, 5.41) is 7.72. The van der Waals surface area contributed by atoms with Crippen LogP contribution in [-0.2, 0) is 12.6 Å². The van der Waals surface area contributed by atoms with Crippen molar-refractivity contribution >= 4 is 0 Å². The number of hydrogen-bond acceptors (Lipinski definition) is 3. The van der Waals surface area contributed by atoms with E-state index >= 15 is 0 Å². The van der Waals surface area contributed by atoms with Crippen LogP contribution < -0.4 is 4.74 Å². The van der Waals surface area contributed by atoms with E-state index in [1.54, 1.807) is 12.1 Å². The minimum Gasteiger partial charge on any atom is -0.480 e. The molecule has 0 fully saturated rings. The average Bonchev–Trinajstić information content (AvgIpc) is 2.39. The van der Waals surface area contributed by atoms with E-state index in [4.69, 9.17) is 4.74 Å². The summed E-state index contributed by atoms with van der Waals surface area (Å²) in [6.45, 7) is 0. The van der Waals surface area contributed by atoms with Gasteiger partial charge in [-0.1, -0.05) is 12.1 Å². The van der Waals surface area contributed by atoms with Crippen molar-refractivity contribution in [2.75, 3.05) is 7.11 Å². The molecule has 100 valence electrons. The van der Waals surface area contributed by atoms with E-state index in [0.717, 1.165) is 17.7 Å². The molecule has 1 aromatic heterocycles. The Morgan fingerprint density at radius 3 is 2.16 bits per heavy atom. The molecule has 0 saturated carbocycles. The van der Waals surface area contributed by atoms with Gasteiger partial charge in [-0.25, -0.2) is 0 Å². The first-order valence-electron chi connectivity index (χ1n) is 5.52. The SMILES string of the molecule is COc1ccc(Cc2ccc(C(F)(F)F)cc2)nn1. The fourth-order valence-corrected chi connectivity index (χ4v) is 1.57. The molecule has 1 aromatic carbocycles. The number of alkyl halides is 3. The Hall–Kier alpha value is -2.11. The third kappa shape index (κ3) is 3.43. The van der Waals surface area contributed by atoms with Crippen molar-refractivity contribution in [3.8, 4) is 5.88 Å². The standard InChI is InChI=1S/C13H11F3N2O/c1-19-12-7-6-11(17-18-12)8-9-2-4-10(5-3-9)13(14,15)16/h2-7H,8H2,1H3. The summed E-state index contributed by atoms with van der Waals surface area (Å²) in [5.41, 5.74) is 0.755. The minimum atomic E-state index is -4.31. The Morgan fingerprint density at radius 2 is 1.68 bits per heavy atom. The first-order valence-corrected chi connectivity index (χ1v) is 5.52. The van der Waals surface area contributed by atoms with Gasteiger partial charge in [-0.3, -0.25) is 0 Å². The van der Waals surface area contributed by atoms with Crippen LogP contribution in [0.3, 0.4) is 0 Å². The zero-order valence-corrected chi connectivity index (χ0v) is 10.1. The van der Waals surface area contributed by atoms with Crippen LogP contribution in [0.1, 0.15) is 16.8 Å². The fraction of sp³-hybridized carbons (Fsp3) is 0.231. The van der Waals surface area contributed by atoms with E-state index in [9.17, 15) is 13.2 Å². The van der Waals surface area contributed by atoms with Crippen LogP contribution in [0.2, 0.25) is 0 Å². The van der Waals surface area contributed by atoms with Crippen molar-refractivity contribution in [1.82, 2.24) is 10.2 Å². The first-order chi connectivity index (χ1) is 8.99. The fourth-order valence-electron chi connectivity index (χ4n) is 1.57. The molecule has 19 heavy (non-hydrogen) atoms. The predicted octanol–water partition coefficient (Wildman–Crippen LogP) is 3.09. The Morgan fingerprint density at radius 1 is 1.00 bits per heavy atom. The molecule has 0 atom stereocenters. The van der Waals surface area contributed by atoms with Gasteiger partial charge < -0.3 is 4.74 Å². The van der Waals surface area contributed by atoms with Crippen LogP contribution in [0.25, 0.3) is 0 Å². The topological polar surface area (TPSA) is 35.0 Å². The molecule has 2 aromatic rings. The highest BCUT2D eigenvalue weighted by atomic mass is 19.4. The summed E-state index contributed by atoms with van der Waals surface area (Å²) < 4.78 is 42.1. The maximum absolute atomic E-state index is 12.4. The summed E-state index contributed by atoms with van der Waals surface area (Å²) in [7, 11) is 1.49. The third-order valence-corrected chi connectivity index (χ3v) is 2.57. The lowest BCUT2D eigenvalue weighted by molar-refractivity contribution is -0.137. The van der Waals surface area contributed by atoms with E-state index in [1.165, 1.54) is 19.2 Å². The van der Waals surface area contributed by atoms with Gasteiger partial charge in [0.05, 0.1) is 18.4 Å². The maximum atomic E-state index is 12.4. The number of benzene rings is 1. The zero-order chi connectivity index (χ0) is 13.9. The lowest BCUT2D eigenvalue weighted by atomic mass is 10.1. The van der Waals surface area contributed by atoms with Crippen LogP contribution in [0.15, 0.2) is 36.4 Å². The molecule has 1 heterocycles. The second-order valence-corrected chi connectivity index (χ2v) is 3.94. The van der Waals surface area contributed by atoms with Crippen molar-refractivity contribution < 1.29 is 17.9 Å². The smallest absolute Gasteiger partial charge is 0.416 e. The van der Waals surface area contributed by atoms with E-state index in [1.807, 2.05) is 0 Å². The van der Waals surface area contributed by atoms with Crippen LogP contribution in [0.5, 0.6) is 5.88 Å². The maximum Gasteiger partial charge on any atom is 0.416 e. The summed E-state index contributed by atoms with van der Waals surface area (Å²) >= 11 is 0. The van der Waals surface area contributed by atoms with Gasteiger partial charge in [0.15, 0.2) is 0 Å². The number of methoxy groups -OCH3 is 1. The largest absolute Gasteiger partial charge is 0.480 e. The van der Waals surface area contributed by atoms with Crippen molar-refractivity contribution in [2.45, 2.75) is 12.6 Å². The van der Waals surface area contributed by atoms with Crippen LogP contribution in [0.4, 0.5) is 13.2 Å². The molecule has 2 rings (SSSR count). The first kappa shape index (κ1) is 13.3. The molecule has 0 N–H and O–H groups in total. The molecule has 3 nitrogen and oxygen atoms in total. The summed E-state index contributed by atoms with van der Waals surface area (Å²) in [6, 6.07) is 8.39. The molecule has 0 bridgehead atoms. The third-order valence-electron chi connectivity index (χ3n) is 2.57. The Kier molecular flexibility index (Phi) is 3.69. The van der Waals surface area contributed by atoms with Crippen LogP contribution in [-0.4, -0.2) is 17.3 Å². The van der Waals surface area contributed by atoms with Gasteiger partial charge in [-0.05, 0) is 23.8 Å². The van der Waals surface area contributed by atoms with Crippen molar-refractivity contribution in [1.29, 1.82) is 0 Å². The highest BCUT2D eigenvalue weighted by molar-refractivity contribution is 5.27. The highest BCUT2D eigenvalue weighted by Crippen LogP contribution is 2.29. The Balaban J connectivity index is 2.10. The predicted molar refractivity (Wildman–Crippen MR) is 62.8 cm³/mol. The normalized spacial score (nSPS) is 11.4. The number of halogens is 3. The van der Waals surface area contributed by atoms with Crippen molar-refractivity contribution in [2.24, 2.45) is 0 Å². The summed E-state index contributed by atoms with van der Waals surface area (Å²) in [5.74, 6) is 0.399. The second-order valence-electron chi connectivity index (χ2n) is 3.94. The lowest BCUT2D eigenvalue weighted by Gasteiger charge is -2.07. The number of rotatable bonds is 3. The van der Waals surface area contributed by atoms with E-state index < -0.39 is 11.7 Å². The van der Waals surface area contributed by atoms with Crippen molar-refractivity contribution in [3.05, 3.63) is 53.2 Å². The molecular formula is C13H11F3N2O. The average molecular weight is 268 g/mol. The number of ether oxygens (including phenoxy) is 1. The molecule has 0 aliphatic heterocycles. The van der Waals surface area contributed by atoms with Gasteiger partial charge in [0.25, 0.3) is 0 Å². The lowest BCUT2D eigenvalue weighted by Crippen LogP contribution is -2.04. The molecule has 0 unspecified atom stereocenters. The van der Waals surface area contributed by atoms with Gasteiger partial charge in [0, 0.05) is 12.5 Å². The number of aromatic nitrogens is 2. The van der Waals surface area contributed by atoms with Gasteiger partial charge in [-0.15, -0.1) is 5.10 Å². The van der Waals surface area contributed by atoms with Crippen LogP contribution in [0, 0.1) is 0 Å². The van der Waals surface area contributed by atoms with Crippen molar-refractivity contribution in [3.63, 3.8) is 0 Å².